The zero-order valence-corrected chi connectivity index (χ0v) is 17.6. The van der Waals surface area contributed by atoms with Gasteiger partial charge in [0, 0.05) is 37.6 Å². The first-order chi connectivity index (χ1) is 14.5. The number of nitrogens with one attached hydrogen (secondary N) is 1. The Morgan fingerprint density at radius 1 is 1.13 bits per heavy atom. The Labute approximate surface area is 176 Å². The van der Waals surface area contributed by atoms with Crippen molar-refractivity contribution in [2.45, 2.75) is 31.2 Å². The molecule has 0 bridgehead atoms. The highest BCUT2D eigenvalue weighted by Gasteiger charge is 2.28. The van der Waals surface area contributed by atoms with Crippen molar-refractivity contribution < 1.29 is 13.2 Å². The Morgan fingerprint density at radius 3 is 2.63 bits per heavy atom. The summed E-state index contributed by atoms with van der Waals surface area (Å²) in [6.45, 7) is 3.18. The number of rotatable bonds is 6. The normalized spacial score (nSPS) is 14.7. The Hall–Kier alpha value is -2.97. The fourth-order valence-corrected chi connectivity index (χ4v) is 5.21. The van der Waals surface area contributed by atoms with Gasteiger partial charge >= 0.3 is 0 Å². The first-order valence-corrected chi connectivity index (χ1v) is 11.4. The molecule has 8 heteroatoms. The van der Waals surface area contributed by atoms with Crippen LogP contribution in [0.15, 0.2) is 66.1 Å². The van der Waals surface area contributed by atoms with Crippen LogP contribution in [0.25, 0.3) is 5.69 Å². The van der Waals surface area contributed by atoms with E-state index < -0.39 is 10.0 Å². The van der Waals surface area contributed by atoms with E-state index in [0.29, 0.717) is 25.2 Å². The number of nitrogens with zero attached hydrogens (tertiary/aromatic N) is 3. The van der Waals surface area contributed by atoms with Gasteiger partial charge in [-0.2, -0.15) is 4.31 Å². The minimum atomic E-state index is -3.57. The average Bonchev–Trinajstić information content (AvgIpc) is 3.47. The SMILES string of the molecule is Cc1ccc(S(=O)(=O)N2CCCC2)cc1C(=O)NCc1ccccc1-n1ccnc1. The van der Waals surface area contributed by atoms with Crippen LogP contribution in [-0.2, 0) is 16.6 Å². The van der Waals surface area contributed by atoms with Crippen molar-refractivity contribution >= 4 is 15.9 Å². The molecule has 1 saturated heterocycles. The fourth-order valence-electron chi connectivity index (χ4n) is 3.67. The molecule has 0 spiro atoms. The molecule has 0 atom stereocenters. The van der Waals surface area contributed by atoms with Crippen molar-refractivity contribution in [1.29, 1.82) is 0 Å². The second-order valence-electron chi connectivity index (χ2n) is 7.37. The Kier molecular flexibility index (Phi) is 5.69. The third kappa shape index (κ3) is 4.01. The van der Waals surface area contributed by atoms with Gasteiger partial charge in [-0.05, 0) is 49.1 Å². The summed E-state index contributed by atoms with van der Waals surface area (Å²) in [5.41, 5.74) is 2.96. The van der Waals surface area contributed by atoms with Crippen molar-refractivity contribution in [1.82, 2.24) is 19.2 Å². The molecule has 1 N–H and O–H groups in total. The number of sulfonamides is 1. The highest BCUT2D eigenvalue weighted by Crippen LogP contribution is 2.23. The summed E-state index contributed by atoms with van der Waals surface area (Å²) in [6.07, 6.45) is 6.99. The van der Waals surface area contributed by atoms with E-state index in [1.165, 1.54) is 10.4 Å². The molecule has 1 aliphatic rings. The lowest BCUT2D eigenvalue weighted by Gasteiger charge is -2.17. The summed E-state index contributed by atoms with van der Waals surface area (Å²) in [7, 11) is -3.57. The number of aromatic nitrogens is 2. The maximum atomic E-state index is 12.9. The minimum Gasteiger partial charge on any atom is -0.348 e. The van der Waals surface area contributed by atoms with Crippen LogP contribution in [0.2, 0.25) is 0 Å². The number of benzene rings is 2. The van der Waals surface area contributed by atoms with E-state index in [1.807, 2.05) is 35.0 Å². The van der Waals surface area contributed by atoms with E-state index in [0.717, 1.165) is 29.7 Å². The standard InChI is InChI=1S/C22H24N4O3S/c1-17-8-9-19(30(28,29)26-11-4-5-12-26)14-20(17)22(27)24-15-18-6-2-3-7-21(18)25-13-10-23-16-25/h2-3,6-10,13-14,16H,4-5,11-12,15H2,1H3,(H,24,27). The van der Waals surface area contributed by atoms with Crippen LogP contribution < -0.4 is 5.32 Å². The zero-order valence-electron chi connectivity index (χ0n) is 16.8. The molecule has 30 heavy (non-hydrogen) atoms. The predicted molar refractivity (Wildman–Crippen MR) is 114 cm³/mol. The number of hydrogen-bond donors (Lipinski definition) is 1. The van der Waals surface area contributed by atoms with Crippen LogP contribution in [0.5, 0.6) is 0 Å². The molecular weight excluding hydrogens is 400 g/mol. The monoisotopic (exact) mass is 424 g/mol. The molecular formula is C22H24N4O3S. The Morgan fingerprint density at radius 2 is 1.90 bits per heavy atom. The van der Waals surface area contributed by atoms with Crippen LogP contribution in [0, 0.1) is 6.92 Å². The number of hydrogen-bond acceptors (Lipinski definition) is 4. The molecule has 0 unspecified atom stereocenters. The molecule has 2 heterocycles. The lowest BCUT2D eigenvalue weighted by Crippen LogP contribution is -2.29. The van der Waals surface area contributed by atoms with E-state index in [2.05, 4.69) is 10.3 Å². The van der Waals surface area contributed by atoms with Gasteiger partial charge in [-0.15, -0.1) is 0 Å². The highest BCUT2D eigenvalue weighted by atomic mass is 32.2. The van der Waals surface area contributed by atoms with Crippen LogP contribution in [0.4, 0.5) is 0 Å². The van der Waals surface area contributed by atoms with Gasteiger partial charge in [-0.1, -0.05) is 24.3 Å². The summed E-state index contributed by atoms with van der Waals surface area (Å²) >= 11 is 0. The topological polar surface area (TPSA) is 84.3 Å². The smallest absolute Gasteiger partial charge is 0.251 e. The molecule has 0 aliphatic carbocycles. The summed E-state index contributed by atoms with van der Waals surface area (Å²) < 4.78 is 29.1. The largest absolute Gasteiger partial charge is 0.348 e. The number of imidazole rings is 1. The molecule has 2 aromatic carbocycles. The molecule has 1 aliphatic heterocycles. The molecule has 7 nitrogen and oxygen atoms in total. The number of para-hydroxylation sites is 1. The fraction of sp³-hybridized carbons (Fsp3) is 0.273. The molecule has 1 fully saturated rings. The van der Waals surface area contributed by atoms with Crippen molar-refractivity contribution in [3.63, 3.8) is 0 Å². The molecule has 1 amide bonds. The van der Waals surface area contributed by atoms with Crippen molar-refractivity contribution in [2.75, 3.05) is 13.1 Å². The second-order valence-corrected chi connectivity index (χ2v) is 9.31. The number of carbonyl (C=O) groups is 1. The zero-order chi connectivity index (χ0) is 21.1. The van der Waals surface area contributed by atoms with Crippen molar-refractivity contribution in [2.24, 2.45) is 0 Å². The first kappa shape index (κ1) is 20.3. The third-order valence-electron chi connectivity index (χ3n) is 5.37. The molecule has 1 aromatic heterocycles. The molecule has 156 valence electrons. The predicted octanol–water partition coefficient (Wildman–Crippen LogP) is 2.90. The van der Waals surface area contributed by atoms with E-state index in [4.69, 9.17) is 0 Å². The summed E-state index contributed by atoms with van der Waals surface area (Å²) in [5, 5.41) is 2.93. The van der Waals surface area contributed by atoms with Crippen LogP contribution in [0.3, 0.4) is 0 Å². The number of carbonyl (C=O) groups excluding carboxylic acids is 1. The summed E-state index contributed by atoms with van der Waals surface area (Å²) in [4.78, 5) is 17.1. The maximum absolute atomic E-state index is 12.9. The third-order valence-corrected chi connectivity index (χ3v) is 7.26. The minimum absolute atomic E-state index is 0.166. The summed E-state index contributed by atoms with van der Waals surface area (Å²) in [6, 6.07) is 12.5. The number of amides is 1. The van der Waals surface area contributed by atoms with Gasteiger partial charge in [0.25, 0.3) is 5.91 Å². The van der Waals surface area contributed by atoms with E-state index in [1.54, 1.807) is 31.6 Å². The van der Waals surface area contributed by atoms with E-state index in [-0.39, 0.29) is 10.8 Å². The second kappa shape index (κ2) is 8.41. The van der Waals surface area contributed by atoms with E-state index >= 15 is 0 Å². The van der Waals surface area contributed by atoms with Gasteiger partial charge < -0.3 is 9.88 Å². The van der Waals surface area contributed by atoms with Crippen LogP contribution in [-0.4, -0.2) is 41.3 Å². The van der Waals surface area contributed by atoms with Gasteiger partial charge in [-0.25, -0.2) is 13.4 Å². The lowest BCUT2D eigenvalue weighted by molar-refractivity contribution is 0.0950. The molecule has 0 radical (unpaired) electrons. The quantitative estimate of drug-likeness (QED) is 0.659. The van der Waals surface area contributed by atoms with Gasteiger partial charge in [0.05, 0.1) is 16.9 Å². The van der Waals surface area contributed by atoms with E-state index in [9.17, 15) is 13.2 Å². The summed E-state index contributed by atoms with van der Waals surface area (Å²) in [5.74, 6) is -0.300. The Balaban J connectivity index is 1.55. The van der Waals surface area contributed by atoms with Gasteiger partial charge in [-0.3, -0.25) is 4.79 Å². The van der Waals surface area contributed by atoms with Crippen molar-refractivity contribution in [3.05, 3.63) is 77.9 Å². The maximum Gasteiger partial charge on any atom is 0.251 e. The average molecular weight is 425 g/mol. The lowest BCUT2D eigenvalue weighted by atomic mass is 10.1. The van der Waals surface area contributed by atoms with Gasteiger partial charge in [0.15, 0.2) is 0 Å². The molecule has 0 saturated carbocycles. The van der Waals surface area contributed by atoms with Crippen LogP contribution in [0.1, 0.15) is 34.3 Å². The molecule has 3 aromatic rings. The molecule has 4 rings (SSSR count). The van der Waals surface area contributed by atoms with Crippen molar-refractivity contribution in [3.8, 4) is 5.69 Å². The van der Waals surface area contributed by atoms with Gasteiger partial charge in [0.1, 0.15) is 0 Å². The first-order valence-electron chi connectivity index (χ1n) is 9.92. The van der Waals surface area contributed by atoms with Gasteiger partial charge in [0.2, 0.25) is 10.0 Å². The number of aryl methyl sites for hydroxylation is 1. The highest BCUT2D eigenvalue weighted by molar-refractivity contribution is 7.89. The Bertz CT molecular complexity index is 1150. The van der Waals surface area contributed by atoms with Crippen LogP contribution >= 0.6 is 0 Å².